The number of nitrogens with one attached hydrogen (secondary N) is 1. The maximum atomic E-state index is 12.9. The van der Waals surface area contributed by atoms with Gasteiger partial charge in [0.05, 0.1) is 18.1 Å². The largest absolute Gasteiger partial charge is 0.497 e. The van der Waals surface area contributed by atoms with Gasteiger partial charge in [-0.05, 0) is 37.3 Å². The summed E-state index contributed by atoms with van der Waals surface area (Å²) in [6.07, 6.45) is 1.83. The molecule has 0 spiro atoms. The van der Waals surface area contributed by atoms with Crippen LogP contribution in [0.15, 0.2) is 79.0 Å². The van der Waals surface area contributed by atoms with E-state index in [1.54, 1.807) is 11.8 Å². The Morgan fingerprint density at radius 3 is 2.53 bits per heavy atom. The Morgan fingerprint density at radius 2 is 1.78 bits per heavy atom. The van der Waals surface area contributed by atoms with Gasteiger partial charge in [0.15, 0.2) is 0 Å². The number of hydrogen-bond donors (Lipinski definition) is 1. The van der Waals surface area contributed by atoms with E-state index in [1.165, 1.54) is 5.56 Å². The lowest BCUT2D eigenvalue weighted by atomic mass is 10.1. The number of methoxy groups -OCH3 is 1. The fourth-order valence-corrected chi connectivity index (χ4v) is 3.86. The Labute approximate surface area is 185 Å². The first-order chi connectivity index (χ1) is 15.6. The smallest absolute Gasteiger partial charge is 0.246 e. The molecule has 6 nitrogen and oxygen atoms in total. The third-order valence-electron chi connectivity index (χ3n) is 5.46. The summed E-state index contributed by atoms with van der Waals surface area (Å²) in [7, 11) is 1.64. The molecule has 2 heterocycles. The highest BCUT2D eigenvalue weighted by Crippen LogP contribution is 2.33. The fraction of sp³-hybridized carbons (Fsp3) is 0.115. The summed E-state index contributed by atoms with van der Waals surface area (Å²) >= 11 is 0. The van der Waals surface area contributed by atoms with Crippen LogP contribution < -0.4 is 10.1 Å². The first-order valence-electron chi connectivity index (χ1n) is 10.4. The number of rotatable bonds is 5. The zero-order valence-electron chi connectivity index (χ0n) is 17.9. The van der Waals surface area contributed by atoms with Crippen molar-refractivity contribution >= 4 is 33.4 Å². The quantitative estimate of drug-likeness (QED) is 0.422. The topological polar surface area (TPSA) is 69.0 Å². The fourth-order valence-electron chi connectivity index (χ4n) is 3.86. The van der Waals surface area contributed by atoms with Crippen molar-refractivity contribution < 1.29 is 9.53 Å². The molecule has 0 aliphatic rings. The van der Waals surface area contributed by atoms with Crippen molar-refractivity contribution in [2.45, 2.75) is 13.5 Å². The molecule has 158 valence electrons. The van der Waals surface area contributed by atoms with Crippen LogP contribution in [0.1, 0.15) is 5.56 Å². The summed E-state index contributed by atoms with van der Waals surface area (Å²) in [6.45, 7) is 2.13. The number of carbonyl (C=O) groups excluding carboxylic acids is 1. The number of benzene rings is 3. The standard InChI is InChI=1S/C26H22N4O2/c1-17-8-10-18(11-9-17)25-22-15-27-23-13-12-20(32-2)14-21(23)26(22)30(29-25)16-24(31)28-19-6-4-3-5-7-19/h3-15H,16H2,1-2H3,(H,28,31). The Hall–Kier alpha value is -4.19. The first kappa shape index (κ1) is 19.8. The zero-order valence-corrected chi connectivity index (χ0v) is 17.9. The van der Waals surface area contributed by atoms with Gasteiger partial charge >= 0.3 is 0 Å². The summed E-state index contributed by atoms with van der Waals surface area (Å²) in [5.74, 6) is 0.578. The van der Waals surface area contributed by atoms with Crippen LogP contribution in [0.2, 0.25) is 0 Å². The van der Waals surface area contributed by atoms with E-state index >= 15 is 0 Å². The molecule has 0 unspecified atom stereocenters. The number of aryl methyl sites for hydroxylation is 1. The van der Waals surface area contributed by atoms with Gasteiger partial charge < -0.3 is 10.1 Å². The molecule has 0 saturated heterocycles. The molecule has 0 atom stereocenters. The van der Waals surface area contributed by atoms with Gasteiger partial charge in [0.25, 0.3) is 0 Å². The van der Waals surface area contributed by atoms with Crippen molar-refractivity contribution in [1.29, 1.82) is 0 Å². The van der Waals surface area contributed by atoms with Crippen molar-refractivity contribution in [2.24, 2.45) is 0 Å². The van der Waals surface area contributed by atoms with Gasteiger partial charge in [-0.2, -0.15) is 5.10 Å². The molecule has 0 fully saturated rings. The molecule has 1 amide bonds. The van der Waals surface area contributed by atoms with Crippen molar-refractivity contribution in [1.82, 2.24) is 14.8 Å². The van der Waals surface area contributed by atoms with Crippen LogP contribution in [0.5, 0.6) is 5.75 Å². The molecule has 0 aliphatic carbocycles. The van der Waals surface area contributed by atoms with E-state index in [4.69, 9.17) is 9.84 Å². The van der Waals surface area contributed by atoms with E-state index in [-0.39, 0.29) is 12.5 Å². The lowest BCUT2D eigenvalue weighted by Crippen LogP contribution is -2.19. The molecule has 3 aromatic carbocycles. The SMILES string of the molecule is COc1ccc2ncc3c(-c4ccc(C)cc4)nn(CC(=O)Nc4ccccc4)c3c2c1. The van der Waals surface area contributed by atoms with Crippen LogP contribution in [-0.2, 0) is 11.3 Å². The Kier molecular flexibility index (Phi) is 5.03. The van der Waals surface area contributed by atoms with Gasteiger partial charge in [-0.3, -0.25) is 14.5 Å². The van der Waals surface area contributed by atoms with E-state index in [2.05, 4.69) is 29.4 Å². The van der Waals surface area contributed by atoms with Crippen LogP contribution >= 0.6 is 0 Å². The molecule has 0 saturated carbocycles. The molecule has 32 heavy (non-hydrogen) atoms. The number of ether oxygens (including phenoxy) is 1. The summed E-state index contributed by atoms with van der Waals surface area (Å²) in [5, 5.41) is 9.57. The molecule has 1 N–H and O–H groups in total. The van der Waals surface area contributed by atoms with Crippen molar-refractivity contribution in [3.8, 4) is 17.0 Å². The highest BCUT2D eigenvalue weighted by molar-refractivity contribution is 6.09. The molecule has 0 radical (unpaired) electrons. The molecule has 0 aliphatic heterocycles. The number of nitrogens with zero attached hydrogens (tertiary/aromatic N) is 3. The van der Waals surface area contributed by atoms with E-state index < -0.39 is 0 Å². The van der Waals surface area contributed by atoms with Gasteiger partial charge in [-0.25, -0.2) is 0 Å². The number of fused-ring (bicyclic) bond motifs is 3. The van der Waals surface area contributed by atoms with Crippen molar-refractivity contribution in [3.05, 3.63) is 84.6 Å². The number of anilines is 1. The minimum atomic E-state index is -0.149. The Morgan fingerprint density at radius 1 is 1.00 bits per heavy atom. The van der Waals surface area contributed by atoms with Gasteiger partial charge in [-0.1, -0.05) is 48.0 Å². The third-order valence-corrected chi connectivity index (χ3v) is 5.46. The lowest BCUT2D eigenvalue weighted by molar-refractivity contribution is -0.116. The number of amides is 1. The first-order valence-corrected chi connectivity index (χ1v) is 10.4. The minimum Gasteiger partial charge on any atom is -0.497 e. The maximum absolute atomic E-state index is 12.9. The van der Waals surface area contributed by atoms with Crippen molar-refractivity contribution in [3.63, 3.8) is 0 Å². The molecule has 5 rings (SSSR count). The second-order valence-electron chi connectivity index (χ2n) is 7.69. The molecule has 5 aromatic rings. The normalized spacial score (nSPS) is 11.1. The highest BCUT2D eigenvalue weighted by Gasteiger charge is 2.18. The average Bonchev–Trinajstić information content (AvgIpc) is 3.18. The molecule has 6 heteroatoms. The number of carbonyl (C=O) groups is 1. The van der Waals surface area contributed by atoms with Gasteiger partial charge in [0, 0.05) is 28.2 Å². The van der Waals surface area contributed by atoms with Crippen LogP contribution in [0.3, 0.4) is 0 Å². The van der Waals surface area contributed by atoms with E-state index in [9.17, 15) is 4.79 Å². The minimum absolute atomic E-state index is 0.0770. The predicted octanol–water partition coefficient (Wildman–Crippen LogP) is 5.21. The number of hydrogen-bond acceptors (Lipinski definition) is 4. The number of pyridine rings is 1. The third kappa shape index (κ3) is 3.67. The van der Waals surface area contributed by atoms with Crippen LogP contribution in [0.4, 0.5) is 5.69 Å². The van der Waals surface area contributed by atoms with Gasteiger partial charge in [-0.15, -0.1) is 0 Å². The van der Waals surface area contributed by atoms with Gasteiger partial charge in [0.2, 0.25) is 5.91 Å². The predicted molar refractivity (Wildman–Crippen MR) is 127 cm³/mol. The highest BCUT2D eigenvalue weighted by atomic mass is 16.5. The van der Waals surface area contributed by atoms with Crippen LogP contribution in [0.25, 0.3) is 33.1 Å². The lowest BCUT2D eigenvalue weighted by Gasteiger charge is -2.08. The van der Waals surface area contributed by atoms with Gasteiger partial charge in [0.1, 0.15) is 18.0 Å². The Bertz CT molecular complexity index is 1420. The monoisotopic (exact) mass is 422 g/mol. The van der Waals surface area contributed by atoms with Crippen LogP contribution in [-0.4, -0.2) is 27.8 Å². The summed E-state index contributed by atoms with van der Waals surface area (Å²) in [4.78, 5) is 17.5. The number of aromatic nitrogens is 3. The molecular formula is C26H22N4O2. The molecule has 0 bridgehead atoms. The summed E-state index contributed by atoms with van der Waals surface area (Å²) in [6, 6.07) is 23.4. The molecular weight excluding hydrogens is 400 g/mol. The average molecular weight is 422 g/mol. The summed E-state index contributed by atoms with van der Waals surface area (Å²) < 4.78 is 7.20. The maximum Gasteiger partial charge on any atom is 0.246 e. The van der Waals surface area contributed by atoms with E-state index in [1.807, 2.05) is 66.9 Å². The second-order valence-corrected chi connectivity index (χ2v) is 7.69. The zero-order chi connectivity index (χ0) is 22.1. The Balaban J connectivity index is 1.66. The van der Waals surface area contributed by atoms with E-state index in [0.29, 0.717) is 0 Å². The summed E-state index contributed by atoms with van der Waals surface area (Å²) in [5.41, 5.74) is 5.37. The molecule has 2 aromatic heterocycles. The number of para-hydroxylation sites is 1. The van der Waals surface area contributed by atoms with Crippen molar-refractivity contribution in [2.75, 3.05) is 12.4 Å². The van der Waals surface area contributed by atoms with E-state index in [0.717, 1.165) is 44.5 Å². The van der Waals surface area contributed by atoms with Crippen LogP contribution in [0, 0.1) is 6.92 Å². The second kappa shape index (κ2) is 8.15.